The predicted molar refractivity (Wildman–Crippen MR) is 94.4 cm³/mol. The van der Waals surface area contributed by atoms with Crippen LogP contribution in [0.25, 0.3) is 0 Å². The van der Waals surface area contributed by atoms with Crippen LogP contribution in [-0.4, -0.2) is 32.5 Å². The molecule has 2 amide bonds. The third-order valence-corrected chi connectivity index (χ3v) is 4.52. The zero-order valence-corrected chi connectivity index (χ0v) is 14.3. The van der Waals surface area contributed by atoms with Crippen LogP contribution >= 0.6 is 0 Å². The number of hydrogen-bond acceptors (Lipinski definition) is 4. The van der Waals surface area contributed by atoms with E-state index in [1.165, 1.54) is 6.26 Å². The molecular formula is C19H18N4O3. The van der Waals surface area contributed by atoms with E-state index in [9.17, 15) is 9.59 Å². The average molecular weight is 350 g/mol. The van der Waals surface area contributed by atoms with Crippen LogP contribution < -0.4 is 5.32 Å². The van der Waals surface area contributed by atoms with Gasteiger partial charge in [0.25, 0.3) is 5.91 Å². The van der Waals surface area contributed by atoms with E-state index < -0.39 is 6.04 Å². The van der Waals surface area contributed by atoms with Gasteiger partial charge in [-0.25, -0.2) is 0 Å². The number of anilines is 1. The molecule has 0 aliphatic carbocycles. The first-order chi connectivity index (χ1) is 12.6. The summed E-state index contributed by atoms with van der Waals surface area (Å²) < 4.78 is 6.86. The van der Waals surface area contributed by atoms with Gasteiger partial charge >= 0.3 is 0 Å². The molecule has 0 radical (unpaired) electrons. The van der Waals surface area contributed by atoms with Crippen molar-refractivity contribution in [2.75, 3.05) is 5.32 Å². The largest absolute Gasteiger partial charge is 0.459 e. The maximum absolute atomic E-state index is 12.9. The Morgan fingerprint density at radius 3 is 2.69 bits per heavy atom. The fourth-order valence-corrected chi connectivity index (χ4v) is 3.22. The fraction of sp³-hybridized carbons (Fsp3) is 0.211. The van der Waals surface area contributed by atoms with Crippen molar-refractivity contribution in [2.24, 2.45) is 7.05 Å². The van der Waals surface area contributed by atoms with Crippen LogP contribution in [0.1, 0.15) is 21.7 Å². The molecule has 0 saturated carbocycles. The molecule has 7 heteroatoms. The average Bonchev–Trinajstić information content (AvgIpc) is 3.32. The second-order valence-electron chi connectivity index (χ2n) is 6.29. The molecule has 7 nitrogen and oxygen atoms in total. The van der Waals surface area contributed by atoms with Crippen molar-refractivity contribution in [1.82, 2.24) is 14.7 Å². The molecule has 0 unspecified atom stereocenters. The van der Waals surface area contributed by atoms with Gasteiger partial charge in [-0.05, 0) is 23.3 Å². The minimum atomic E-state index is -0.622. The van der Waals surface area contributed by atoms with Crippen molar-refractivity contribution >= 4 is 17.5 Å². The van der Waals surface area contributed by atoms with E-state index in [1.54, 1.807) is 41.2 Å². The fourth-order valence-electron chi connectivity index (χ4n) is 3.22. The van der Waals surface area contributed by atoms with Gasteiger partial charge in [0.15, 0.2) is 5.76 Å². The van der Waals surface area contributed by atoms with Gasteiger partial charge in [0.1, 0.15) is 6.04 Å². The summed E-state index contributed by atoms with van der Waals surface area (Å²) in [5.74, 6) is -0.313. The van der Waals surface area contributed by atoms with E-state index in [4.69, 9.17) is 4.42 Å². The van der Waals surface area contributed by atoms with Crippen LogP contribution in [0.3, 0.4) is 0 Å². The Morgan fingerprint density at radius 2 is 2.00 bits per heavy atom. The van der Waals surface area contributed by atoms with Gasteiger partial charge in [-0.15, -0.1) is 0 Å². The zero-order valence-electron chi connectivity index (χ0n) is 14.3. The molecule has 3 aromatic rings. The summed E-state index contributed by atoms with van der Waals surface area (Å²) in [6.07, 6.45) is 5.20. The van der Waals surface area contributed by atoms with Gasteiger partial charge in [0, 0.05) is 26.2 Å². The topological polar surface area (TPSA) is 80.4 Å². The van der Waals surface area contributed by atoms with Crippen LogP contribution in [-0.2, 0) is 24.8 Å². The molecule has 1 aliphatic heterocycles. The number of rotatable bonds is 3. The number of aromatic nitrogens is 2. The van der Waals surface area contributed by atoms with Gasteiger partial charge in [-0.3, -0.25) is 14.3 Å². The predicted octanol–water partition coefficient (Wildman–Crippen LogP) is 2.22. The number of nitrogens with zero attached hydrogens (tertiary/aromatic N) is 3. The molecule has 132 valence electrons. The maximum Gasteiger partial charge on any atom is 0.290 e. The van der Waals surface area contributed by atoms with E-state index in [0.29, 0.717) is 18.7 Å². The van der Waals surface area contributed by atoms with E-state index in [1.807, 2.05) is 24.3 Å². The lowest BCUT2D eigenvalue weighted by Gasteiger charge is -2.35. The van der Waals surface area contributed by atoms with Crippen molar-refractivity contribution in [2.45, 2.75) is 19.0 Å². The van der Waals surface area contributed by atoms with Crippen molar-refractivity contribution in [3.8, 4) is 0 Å². The van der Waals surface area contributed by atoms with E-state index in [2.05, 4.69) is 10.4 Å². The van der Waals surface area contributed by atoms with E-state index in [0.717, 1.165) is 11.1 Å². The van der Waals surface area contributed by atoms with Gasteiger partial charge in [0.2, 0.25) is 5.91 Å². The van der Waals surface area contributed by atoms with Crippen molar-refractivity contribution in [3.05, 3.63) is 71.9 Å². The molecule has 1 aromatic carbocycles. The molecular weight excluding hydrogens is 332 g/mol. The highest BCUT2D eigenvalue weighted by molar-refractivity contribution is 6.00. The zero-order chi connectivity index (χ0) is 18.1. The number of nitrogens with one attached hydrogen (secondary N) is 1. The van der Waals surface area contributed by atoms with Crippen molar-refractivity contribution in [1.29, 1.82) is 0 Å². The minimum Gasteiger partial charge on any atom is -0.459 e. The Hall–Kier alpha value is -3.35. The van der Waals surface area contributed by atoms with Crippen LogP contribution in [0.4, 0.5) is 5.69 Å². The lowest BCUT2D eigenvalue weighted by Crippen LogP contribution is -2.50. The summed E-state index contributed by atoms with van der Waals surface area (Å²) in [5.41, 5.74) is 2.71. The summed E-state index contributed by atoms with van der Waals surface area (Å²) in [6, 6.07) is 10.5. The van der Waals surface area contributed by atoms with E-state index in [-0.39, 0.29) is 17.6 Å². The molecule has 2 aromatic heterocycles. The summed E-state index contributed by atoms with van der Waals surface area (Å²) >= 11 is 0. The first kappa shape index (κ1) is 16.1. The van der Waals surface area contributed by atoms with Crippen molar-refractivity contribution in [3.63, 3.8) is 0 Å². The number of aryl methyl sites for hydroxylation is 1. The van der Waals surface area contributed by atoms with Gasteiger partial charge < -0.3 is 14.6 Å². The summed E-state index contributed by atoms with van der Waals surface area (Å²) in [6.45, 7) is 0.362. The molecule has 0 fully saturated rings. The highest BCUT2D eigenvalue weighted by Crippen LogP contribution is 2.26. The lowest BCUT2D eigenvalue weighted by molar-refractivity contribution is -0.121. The number of fused-ring (bicyclic) bond motifs is 1. The van der Waals surface area contributed by atoms with E-state index >= 15 is 0 Å². The first-order valence-electron chi connectivity index (χ1n) is 8.32. The smallest absolute Gasteiger partial charge is 0.290 e. The van der Waals surface area contributed by atoms with Crippen molar-refractivity contribution < 1.29 is 14.0 Å². The third-order valence-electron chi connectivity index (χ3n) is 4.52. The van der Waals surface area contributed by atoms with Crippen LogP contribution in [0.15, 0.2) is 59.5 Å². The molecule has 3 heterocycles. The van der Waals surface area contributed by atoms with Gasteiger partial charge in [0.05, 0.1) is 18.1 Å². The standard InChI is InChI=1S/C19H18N4O3/c1-22-12-15(10-20-22)21-18(24)16-9-13-5-2-3-6-14(13)11-23(16)19(25)17-7-4-8-26-17/h2-8,10,12,16H,9,11H2,1H3,(H,21,24)/t16-/m1/s1. The Labute approximate surface area is 150 Å². The SMILES string of the molecule is Cn1cc(NC(=O)[C@H]2Cc3ccccc3CN2C(=O)c2ccco2)cn1. The molecule has 1 atom stereocenters. The maximum atomic E-state index is 12.9. The highest BCUT2D eigenvalue weighted by Gasteiger charge is 2.36. The summed E-state index contributed by atoms with van der Waals surface area (Å²) in [5, 5.41) is 6.90. The van der Waals surface area contributed by atoms with Gasteiger partial charge in [-0.1, -0.05) is 24.3 Å². The monoisotopic (exact) mass is 350 g/mol. The molecule has 1 N–H and O–H groups in total. The Morgan fingerprint density at radius 1 is 1.19 bits per heavy atom. The highest BCUT2D eigenvalue weighted by atomic mass is 16.3. The quantitative estimate of drug-likeness (QED) is 0.785. The second-order valence-corrected chi connectivity index (χ2v) is 6.29. The van der Waals surface area contributed by atoms with Crippen LogP contribution in [0.5, 0.6) is 0 Å². The number of hydrogen-bond donors (Lipinski definition) is 1. The second kappa shape index (κ2) is 6.51. The molecule has 26 heavy (non-hydrogen) atoms. The number of amides is 2. The number of benzene rings is 1. The Balaban J connectivity index is 1.64. The third kappa shape index (κ3) is 2.99. The molecule has 0 saturated heterocycles. The molecule has 0 bridgehead atoms. The van der Waals surface area contributed by atoms with Crippen LogP contribution in [0.2, 0.25) is 0 Å². The number of carbonyl (C=O) groups is 2. The normalized spacial score (nSPS) is 16.2. The summed E-state index contributed by atoms with van der Waals surface area (Å²) in [4.78, 5) is 27.3. The Kier molecular flexibility index (Phi) is 4.04. The summed E-state index contributed by atoms with van der Waals surface area (Å²) in [7, 11) is 1.78. The Bertz CT molecular complexity index is 945. The van der Waals surface area contributed by atoms with Crippen LogP contribution in [0, 0.1) is 0 Å². The molecule has 4 rings (SSSR count). The molecule has 0 spiro atoms. The number of furan rings is 1. The van der Waals surface area contributed by atoms with Gasteiger partial charge in [-0.2, -0.15) is 5.10 Å². The lowest BCUT2D eigenvalue weighted by atomic mass is 9.93. The number of carbonyl (C=O) groups excluding carboxylic acids is 2. The molecule has 1 aliphatic rings. The minimum absolute atomic E-state index is 0.226. The first-order valence-corrected chi connectivity index (χ1v) is 8.32.